The molecule has 2 nitrogen and oxygen atoms in total. The Morgan fingerprint density at radius 3 is 2.57 bits per heavy atom. The van der Waals surface area contributed by atoms with Crippen molar-refractivity contribution >= 4 is 6.29 Å². The first-order valence-electron chi connectivity index (χ1n) is 3.74. The van der Waals surface area contributed by atoms with E-state index < -0.39 is 18.2 Å². The Morgan fingerprint density at radius 2 is 2.07 bits per heavy atom. The molecule has 0 aliphatic rings. The van der Waals surface area contributed by atoms with E-state index in [1.165, 1.54) is 6.92 Å². The normalized spacial score (nSPS) is 10.4. The molecule has 0 aliphatic carbocycles. The van der Waals surface area contributed by atoms with Crippen LogP contribution in [-0.4, -0.2) is 12.9 Å². The van der Waals surface area contributed by atoms with E-state index in [1.54, 1.807) is 0 Å². The van der Waals surface area contributed by atoms with Crippen molar-refractivity contribution in [1.29, 1.82) is 0 Å². The van der Waals surface area contributed by atoms with Gasteiger partial charge in [-0.3, -0.25) is 4.79 Å². The number of ether oxygens (including phenoxy) is 1. The minimum absolute atomic E-state index is 0.0933. The molecule has 0 fully saturated rings. The van der Waals surface area contributed by atoms with E-state index in [4.69, 9.17) is 0 Å². The second-order valence-corrected chi connectivity index (χ2v) is 2.64. The highest BCUT2D eigenvalue weighted by atomic mass is 19.3. The number of carbonyl (C=O) groups excluding carboxylic acids is 1. The van der Waals surface area contributed by atoms with Gasteiger partial charge >= 0.3 is 6.61 Å². The average molecular weight is 204 g/mol. The van der Waals surface area contributed by atoms with Crippen LogP contribution in [0.15, 0.2) is 12.1 Å². The van der Waals surface area contributed by atoms with Crippen molar-refractivity contribution in [3.8, 4) is 5.75 Å². The Labute approximate surface area is 78.3 Å². The number of aryl methyl sites for hydroxylation is 1. The number of halogens is 3. The van der Waals surface area contributed by atoms with Crippen LogP contribution >= 0.6 is 0 Å². The zero-order valence-electron chi connectivity index (χ0n) is 7.26. The predicted molar refractivity (Wildman–Crippen MR) is 43.2 cm³/mol. The molecule has 1 aromatic carbocycles. The summed E-state index contributed by atoms with van der Waals surface area (Å²) in [5.74, 6) is -1.13. The van der Waals surface area contributed by atoms with Gasteiger partial charge in [0.1, 0.15) is 11.6 Å². The maximum atomic E-state index is 12.9. The zero-order chi connectivity index (χ0) is 10.7. The molecule has 1 rings (SSSR count). The maximum Gasteiger partial charge on any atom is 0.387 e. The minimum atomic E-state index is -3.07. The van der Waals surface area contributed by atoms with Gasteiger partial charge in [0.2, 0.25) is 0 Å². The van der Waals surface area contributed by atoms with Crippen molar-refractivity contribution in [3.63, 3.8) is 0 Å². The van der Waals surface area contributed by atoms with Gasteiger partial charge in [0, 0.05) is 6.07 Å². The minimum Gasteiger partial charge on any atom is -0.434 e. The Morgan fingerprint density at radius 1 is 1.43 bits per heavy atom. The summed E-state index contributed by atoms with van der Waals surface area (Å²) in [6, 6.07) is 1.92. The van der Waals surface area contributed by atoms with Gasteiger partial charge in [-0.25, -0.2) is 4.39 Å². The van der Waals surface area contributed by atoms with Gasteiger partial charge in [0.15, 0.2) is 6.29 Å². The van der Waals surface area contributed by atoms with Crippen molar-refractivity contribution < 1.29 is 22.7 Å². The summed E-state index contributed by atoms with van der Waals surface area (Å²) in [6.07, 6.45) is 0.337. The third kappa shape index (κ3) is 2.25. The van der Waals surface area contributed by atoms with Crippen LogP contribution in [-0.2, 0) is 0 Å². The van der Waals surface area contributed by atoms with E-state index in [0.717, 1.165) is 12.1 Å². The van der Waals surface area contributed by atoms with Crippen molar-refractivity contribution in [2.45, 2.75) is 13.5 Å². The second-order valence-electron chi connectivity index (χ2n) is 2.64. The Balaban J connectivity index is 3.13. The lowest BCUT2D eigenvalue weighted by molar-refractivity contribution is -0.0502. The Hall–Kier alpha value is -1.52. The first kappa shape index (κ1) is 10.6. The summed E-state index contributed by atoms with van der Waals surface area (Å²) in [5.41, 5.74) is 0.109. The van der Waals surface area contributed by atoms with Gasteiger partial charge in [0.05, 0.1) is 5.56 Å². The molecule has 0 radical (unpaired) electrons. The number of alkyl halides is 2. The quantitative estimate of drug-likeness (QED) is 0.707. The average Bonchev–Trinajstić information content (AvgIpc) is 2.10. The molecule has 0 N–H and O–H groups in total. The van der Waals surface area contributed by atoms with Crippen LogP contribution in [0.1, 0.15) is 15.9 Å². The molecule has 0 aliphatic heterocycles. The van der Waals surface area contributed by atoms with Gasteiger partial charge < -0.3 is 4.74 Å². The molecular formula is C9H7F3O2. The first-order chi connectivity index (χ1) is 6.54. The van der Waals surface area contributed by atoms with E-state index >= 15 is 0 Å². The van der Waals surface area contributed by atoms with E-state index in [9.17, 15) is 18.0 Å². The van der Waals surface area contributed by atoms with Crippen LogP contribution < -0.4 is 4.74 Å². The van der Waals surface area contributed by atoms with Crippen molar-refractivity contribution in [2.24, 2.45) is 0 Å². The summed E-state index contributed by atoms with van der Waals surface area (Å²) in [6.45, 7) is -1.65. The molecule has 14 heavy (non-hydrogen) atoms. The third-order valence-electron chi connectivity index (χ3n) is 1.63. The van der Waals surface area contributed by atoms with Crippen LogP contribution in [0.25, 0.3) is 0 Å². The molecule has 5 heteroatoms. The number of hydrogen-bond acceptors (Lipinski definition) is 2. The molecule has 0 spiro atoms. The molecule has 0 bridgehead atoms. The van der Waals surface area contributed by atoms with Crippen LogP contribution in [0.2, 0.25) is 0 Å². The molecule has 0 saturated heterocycles. The number of rotatable bonds is 3. The molecule has 0 aromatic heterocycles. The Kier molecular flexibility index (Phi) is 3.11. The van der Waals surface area contributed by atoms with Crippen molar-refractivity contribution in [3.05, 3.63) is 29.1 Å². The fourth-order valence-corrected chi connectivity index (χ4v) is 0.976. The standard InChI is InChI=1S/C9H7F3O2/c1-5-2-6(4-13)8(3-7(5)10)14-9(11)12/h2-4,9H,1H3. The molecule has 0 unspecified atom stereocenters. The van der Waals surface area contributed by atoms with Gasteiger partial charge in [-0.1, -0.05) is 0 Å². The number of carbonyl (C=O) groups is 1. The molecule has 0 saturated carbocycles. The molecular weight excluding hydrogens is 197 g/mol. The maximum absolute atomic E-state index is 12.9. The monoisotopic (exact) mass is 204 g/mol. The van der Waals surface area contributed by atoms with Gasteiger partial charge in [-0.2, -0.15) is 8.78 Å². The predicted octanol–water partition coefficient (Wildman–Crippen LogP) is 2.55. The largest absolute Gasteiger partial charge is 0.434 e. The van der Waals surface area contributed by atoms with Crippen molar-refractivity contribution in [1.82, 2.24) is 0 Å². The van der Waals surface area contributed by atoms with E-state index in [2.05, 4.69) is 4.74 Å². The molecule has 1 aromatic rings. The number of hydrogen-bond donors (Lipinski definition) is 0. The van der Waals surface area contributed by atoms with E-state index in [0.29, 0.717) is 6.29 Å². The summed E-state index contributed by atoms with van der Waals surface area (Å²) in [7, 11) is 0. The van der Waals surface area contributed by atoms with Crippen LogP contribution in [0.3, 0.4) is 0 Å². The van der Waals surface area contributed by atoms with Gasteiger partial charge in [-0.15, -0.1) is 0 Å². The summed E-state index contributed by atoms with van der Waals surface area (Å²) < 4.78 is 40.5. The van der Waals surface area contributed by atoms with E-state index in [-0.39, 0.29) is 11.1 Å². The summed E-state index contributed by atoms with van der Waals surface area (Å²) in [4.78, 5) is 10.4. The molecule has 0 heterocycles. The fourth-order valence-electron chi connectivity index (χ4n) is 0.976. The SMILES string of the molecule is Cc1cc(C=O)c(OC(F)F)cc1F. The molecule has 0 atom stereocenters. The lowest BCUT2D eigenvalue weighted by atomic mass is 10.1. The summed E-state index contributed by atoms with van der Waals surface area (Å²) >= 11 is 0. The highest BCUT2D eigenvalue weighted by Gasteiger charge is 2.12. The lowest BCUT2D eigenvalue weighted by Gasteiger charge is -2.08. The fraction of sp³-hybridized carbons (Fsp3) is 0.222. The third-order valence-corrected chi connectivity index (χ3v) is 1.63. The highest BCUT2D eigenvalue weighted by molar-refractivity contribution is 5.79. The van der Waals surface area contributed by atoms with Crippen molar-refractivity contribution in [2.75, 3.05) is 0 Å². The van der Waals surface area contributed by atoms with Gasteiger partial charge in [0.25, 0.3) is 0 Å². The van der Waals surface area contributed by atoms with Crippen LogP contribution in [0.4, 0.5) is 13.2 Å². The Bertz CT molecular complexity index is 350. The lowest BCUT2D eigenvalue weighted by Crippen LogP contribution is -2.05. The highest BCUT2D eigenvalue weighted by Crippen LogP contribution is 2.22. The smallest absolute Gasteiger partial charge is 0.387 e. The first-order valence-corrected chi connectivity index (χ1v) is 3.74. The van der Waals surface area contributed by atoms with Crippen LogP contribution in [0, 0.1) is 12.7 Å². The van der Waals surface area contributed by atoms with E-state index in [1.807, 2.05) is 0 Å². The zero-order valence-corrected chi connectivity index (χ0v) is 7.26. The second kappa shape index (κ2) is 4.13. The molecule has 76 valence electrons. The number of benzene rings is 1. The summed E-state index contributed by atoms with van der Waals surface area (Å²) in [5, 5.41) is 0. The number of aldehydes is 1. The van der Waals surface area contributed by atoms with Crippen LogP contribution in [0.5, 0.6) is 5.75 Å². The topological polar surface area (TPSA) is 26.3 Å². The molecule has 0 amide bonds. The van der Waals surface area contributed by atoms with Gasteiger partial charge in [-0.05, 0) is 18.6 Å².